The van der Waals surface area contributed by atoms with Gasteiger partial charge in [-0.05, 0) is 38.9 Å². The van der Waals surface area contributed by atoms with Crippen LogP contribution in [0.15, 0.2) is 24.3 Å². The summed E-state index contributed by atoms with van der Waals surface area (Å²) in [5.74, 6) is 0. The number of hydrogen-bond donors (Lipinski definition) is 1. The van der Waals surface area contributed by atoms with Gasteiger partial charge in [-0.3, -0.25) is 4.90 Å². The molecule has 1 N–H and O–H groups in total. The van der Waals surface area contributed by atoms with Gasteiger partial charge in [-0.15, -0.1) is 0 Å². The molecule has 0 radical (unpaired) electrons. The van der Waals surface area contributed by atoms with E-state index in [-0.39, 0.29) is 0 Å². The van der Waals surface area contributed by atoms with Crippen LogP contribution in [0.25, 0.3) is 0 Å². The van der Waals surface area contributed by atoms with Gasteiger partial charge in [0.25, 0.3) is 0 Å². The molecular formula is C18H31ClN2. The summed E-state index contributed by atoms with van der Waals surface area (Å²) >= 11 is 6.28. The van der Waals surface area contributed by atoms with Crippen LogP contribution in [0.1, 0.15) is 58.1 Å². The van der Waals surface area contributed by atoms with Gasteiger partial charge in [-0.1, -0.05) is 56.0 Å². The lowest BCUT2D eigenvalue weighted by atomic mass is 10.1. The van der Waals surface area contributed by atoms with E-state index in [0.29, 0.717) is 12.1 Å². The average molecular weight is 311 g/mol. The highest BCUT2D eigenvalue weighted by Gasteiger charge is 2.14. The van der Waals surface area contributed by atoms with Crippen molar-refractivity contribution < 1.29 is 0 Å². The van der Waals surface area contributed by atoms with E-state index in [1.54, 1.807) is 0 Å². The second-order valence-corrected chi connectivity index (χ2v) is 6.44. The van der Waals surface area contributed by atoms with Crippen molar-refractivity contribution in [1.29, 1.82) is 0 Å². The van der Waals surface area contributed by atoms with E-state index in [9.17, 15) is 0 Å². The van der Waals surface area contributed by atoms with Crippen molar-refractivity contribution in [2.75, 3.05) is 20.1 Å². The molecule has 0 aromatic heterocycles. The summed E-state index contributed by atoms with van der Waals surface area (Å²) in [6.07, 6.45) is 5.24. The molecule has 3 heteroatoms. The van der Waals surface area contributed by atoms with E-state index in [4.69, 9.17) is 11.6 Å². The Morgan fingerprint density at radius 3 is 2.57 bits per heavy atom. The van der Waals surface area contributed by atoms with Gasteiger partial charge in [0.05, 0.1) is 0 Å². The first kappa shape index (κ1) is 18.5. The molecule has 0 aliphatic rings. The van der Waals surface area contributed by atoms with Crippen LogP contribution >= 0.6 is 11.6 Å². The van der Waals surface area contributed by atoms with E-state index >= 15 is 0 Å². The standard InChI is InChI=1S/C18H31ClN2/c1-5-6-7-10-15(2)20-13-14-21(4)16(3)17-11-8-9-12-18(17)19/h8-9,11-12,15-16,20H,5-7,10,13-14H2,1-4H3. The van der Waals surface area contributed by atoms with Crippen molar-refractivity contribution in [2.45, 2.75) is 58.5 Å². The van der Waals surface area contributed by atoms with Crippen molar-refractivity contribution in [2.24, 2.45) is 0 Å². The largest absolute Gasteiger partial charge is 0.313 e. The normalized spacial score (nSPS) is 14.4. The molecule has 0 saturated carbocycles. The van der Waals surface area contributed by atoms with Crippen molar-refractivity contribution in [3.8, 4) is 0 Å². The lowest BCUT2D eigenvalue weighted by Crippen LogP contribution is -2.35. The van der Waals surface area contributed by atoms with Crippen LogP contribution in [0.5, 0.6) is 0 Å². The van der Waals surface area contributed by atoms with Gasteiger partial charge in [0.15, 0.2) is 0 Å². The van der Waals surface area contributed by atoms with Gasteiger partial charge in [-0.25, -0.2) is 0 Å². The molecule has 0 aliphatic carbocycles. The highest BCUT2D eigenvalue weighted by molar-refractivity contribution is 6.31. The summed E-state index contributed by atoms with van der Waals surface area (Å²) in [7, 11) is 2.16. The Morgan fingerprint density at radius 1 is 1.19 bits per heavy atom. The molecule has 0 amide bonds. The van der Waals surface area contributed by atoms with E-state index < -0.39 is 0 Å². The second-order valence-electron chi connectivity index (χ2n) is 6.03. The number of rotatable bonds is 10. The highest BCUT2D eigenvalue weighted by Crippen LogP contribution is 2.25. The third-order valence-corrected chi connectivity index (χ3v) is 4.56. The Bertz CT molecular complexity index is 395. The maximum atomic E-state index is 6.28. The number of benzene rings is 1. The number of nitrogens with zero attached hydrogens (tertiary/aromatic N) is 1. The fourth-order valence-corrected chi connectivity index (χ4v) is 2.83. The number of nitrogens with one attached hydrogen (secondary N) is 1. The molecule has 0 spiro atoms. The van der Waals surface area contributed by atoms with E-state index in [2.05, 4.69) is 50.2 Å². The van der Waals surface area contributed by atoms with Crippen LogP contribution in [-0.4, -0.2) is 31.1 Å². The molecular weight excluding hydrogens is 280 g/mol. The highest BCUT2D eigenvalue weighted by atomic mass is 35.5. The molecule has 2 atom stereocenters. The Balaban J connectivity index is 2.30. The first-order valence-electron chi connectivity index (χ1n) is 8.24. The summed E-state index contributed by atoms with van der Waals surface area (Å²) in [6, 6.07) is 9.08. The zero-order valence-corrected chi connectivity index (χ0v) is 14.8. The van der Waals surface area contributed by atoms with Crippen LogP contribution in [0.2, 0.25) is 5.02 Å². The molecule has 2 unspecified atom stereocenters. The molecule has 0 saturated heterocycles. The lowest BCUT2D eigenvalue weighted by molar-refractivity contribution is 0.257. The molecule has 1 rings (SSSR count). The van der Waals surface area contributed by atoms with Gasteiger partial charge < -0.3 is 5.32 Å². The maximum absolute atomic E-state index is 6.28. The van der Waals surface area contributed by atoms with Crippen LogP contribution in [0.3, 0.4) is 0 Å². The monoisotopic (exact) mass is 310 g/mol. The Hall–Kier alpha value is -0.570. The number of halogens is 1. The molecule has 1 aromatic rings. The first-order chi connectivity index (χ1) is 10.1. The second kappa shape index (κ2) is 10.2. The van der Waals surface area contributed by atoms with Gasteiger partial charge >= 0.3 is 0 Å². The minimum Gasteiger partial charge on any atom is -0.313 e. The van der Waals surface area contributed by atoms with Crippen molar-refractivity contribution >= 4 is 11.6 Å². The van der Waals surface area contributed by atoms with Crippen molar-refractivity contribution in [3.63, 3.8) is 0 Å². The summed E-state index contributed by atoms with van der Waals surface area (Å²) < 4.78 is 0. The summed E-state index contributed by atoms with van der Waals surface area (Å²) in [5.41, 5.74) is 1.21. The van der Waals surface area contributed by atoms with E-state index in [1.165, 1.54) is 31.2 Å². The topological polar surface area (TPSA) is 15.3 Å². The zero-order chi connectivity index (χ0) is 15.7. The van der Waals surface area contributed by atoms with Crippen molar-refractivity contribution in [3.05, 3.63) is 34.9 Å². The zero-order valence-electron chi connectivity index (χ0n) is 14.0. The predicted octanol–water partition coefficient (Wildman–Crippen LogP) is 4.89. The molecule has 2 nitrogen and oxygen atoms in total. The molecule has 21 heavy (non-hydrogen) atoms. The number of likely N-dealkylation sites (N-methyl/N-ethyl adjacent to an activating group) is 1. The van der Waals surface area contributed by atoms with Crippen molar-refractivity contribution in [1.82, 2.24) is 10.2 Å². The van der Waals surface area contributed by atoms with E-state index in [1.807, 2.05) is 12.1 Å². The van der Waals surface area contributed by atoms with Crippen LogP contribution in [-0.2, 0) is 0 Å². The molecule has 1 aromatic carbocycles. The number of unbranched alkanes of at least 4 members (excludes halogenated alkanes) is 2. The minimum atomic E-state index is 0.343. The van der Waals surface area contributed by atoms with Crippen LogP contribution in [0.4, 0.5) is 0 Å². The predicted molar refractivity (Wildman–Crippen MR) is 94.1 cm³/mol. The summed E-state index contributed by atoms with van der Waals surface area (Å²) in [6.45, 7) is 8.81. The molecule has 0 heterocycles. The fraction of sp³-hybridized carbons (Fsp3) is 0.667. The Morgan fingerprint density at radius 2 is 1.90 bits per heavy atom. The molecule has 0 fully saturated rings. The average Bonchev–Trinajstić information content (AvgIpc) is 2.47. The van der Waals surface area contributed by atoms with Gasteiger partial charge in [0.2, 0.25) is 0 Å². The molecule has 120 valence electrons. The molecule has 0 bridgehead atoms. The third kappa shape index (κ3) is 6.82. The fourth-order valence-electron chi connectivity index (χ4n) is 2.53. The van der Waals surface area contributed by atoms with Gasteiger partial charge in [0.1, 0.15) is 0 Å². The van der Waals surface area contributed by atoms with Crippen LogP contribution in [0, 0.1) is 0 Å². The minimum absolute atomic E-state index is 0.343. The first-order valence-corrected chi connectivity index (χ1v) is 8.62. The van der Waals surface area contributed by atoms with Gasteiger partial charge in [-0.2, -0.15) is 0 Å². The summed E-state index contributed by atoms with van der Waals surface area (Å²) in [4.78, 5) is 2.35. The summed E-state index contributed by atoms with van der Waals surface area (Å²) in [5, 5.41) is 4.48. The Labute approximate surface area is 135 Å². The van der Waals surface area contributed by atoms with Crippen LogP contribution < -0.4 is 5.32 Å². The molecule has 0 aliphatic heterocycles. The van der Waals surface area contributed by atoms with Gasteiger partial charge in [0, 0.05) is 30.2 Å². The smallest absolute Gasteiger partial charge is 0.0453 e. The third-order valence-electron chi connectivity index (χ3n) is 4.21. The van der Waals surface area contributed by atoms with E-state index in [0.717, 1.165) is 18.1 Å². The lowest BCUT2D eigenvalue weighted by Gasteiger charge is -2.26. The number of hydrogen-bond acceptors (Lipinski definition) is 2. The quantitative estimate of drug-likeness (QED) is 0.619. The maximum Gasteiger partial charge on any atom is 0.0453 e. The Kier molecular flexibility index (Phi) is 8.98. The SMILES string of the molecule is CCCCCC(C)NCCN(C)C(C)c1ccccc1Cl.